The summed E-state index contributed by atoms with van der Waals surface area (Å²) in [6, 6.07) is 7.75. The van der Waals surface area contributed by atoms with E-state index in [1.807, 2.05) is 24.3 Å². The first-order chi connectivity index (χ1) is 15.0. The molecular weight excluding hydrogens is 388 g/mol. The number of nitrogens with one attached hydrogen (secondary N) is 1. The zero-order chi connectivity index (χ0) is 22.1. The van der Waals surface area contributed by atoms with Crippen LogP contribution in [0.2, 0.25) is 0 Å². The number of carbonyl (C=O) groups excluding carboxylic acids is 1. The molecule has 1 saturated carbocycles. The number of benzene rings is 1. The fourth-order valence-corrected chi connectivity index (χ4v) is 4.61. The zero-order valence-electron chi connectivity index (χ0n) is 19.8. The fourth-order valence-electron chi connectivity index (χ4n) is 4.61. The van der Waals surface area contributed by atoms with Crippen LogP contribution in [0.3, 0.4) is 0 Å². The molecule has 5 nitrogen and oxygen atoms in total. The summed E-state index contributed by atoms with van der Waals surface area (Å²) in [5.74, 6) is 2.40. The van der Waals surface area contributed by atoms with Crippen molar-refractivity contribution in [3.63, 3.8) is 0 Å². The predicted octanol–water partition coefficient (Wildman–Crippen LogP) is 5.50. The van der Waals surface area contributed by atoms with Gasteiger partial charge in [-0.05, 0) is 101 Å². The summed E-state index contributed by atoms with van der Waals surface area (Å²) >= 11 is 0. The Morgan fingerprint density at radius 2 is 1.68 bits per heavy atom. The standard InChI is InChI=1S/C26H42N2O3/c1-4-19-31-26(14-10-21(2)11-15-26)25(29)27-23-6-8-24(9-7-23)30-20-5-16-28-17-12-22(3)13-18-28/h6-9,21-22H,4-5,10-20H2,1-3H3,(H,27,29). The Labute approximate surface area is 188 Å². The van der Waals surface area contributed by atoms with Gasteiger partial charge < -0.3 is 19.7 Å². The van der Waals surface area contributed by atoms with Crippen LogP contribution in [0, 0.1) is 11.8 Å². The smallest absolute Gasteiger partial charge is 0.256 e. The summed E-state index contributed by atoms with van der Waals surface area (Å²) in [7, 11) is 0. The second-order valence-corrected chi connectivity index (χ2v) is 9.73. The van der Waals surface area contributed by atoms with Gasteiger partial charge in [0.1, 0.15) is 11.4 Å². The number of rotatable bonds is 10. The third-order valence-corrected chi connectivity index (χ3v) is 6.95. The number of hydrogen-bond donors (Lipinski definition) is 1. The van der Waals surface area contributed by atoms with Crippen LogP contribution < -0.4 is 10.1 Å². The van der Waals surface area contributed by atoms with E-state index in [1.54, 1.807) is 0 Å². The number of nitrogens with zero attached hydrogens (tertiary/aromatic N) is 1. The van der Waals surface area contributed by atoms with E-state index in [9.17, 15) is 4.79 Å². The zero-order valence-corrected chi connectivity index (χ0v) is 19.8. The molecule has 1 aromatic rings. The van der Waals surface area contributed by atoms with E-state index in [0.717, 1.165) is 69.0 Å². The van der Waals surface area contributed by atoms with Crippen molar-refractivity contribution in [1.82, 2.24) is 4.90 Å². The van der Waals surface area contributed by atoms with Gasteiger partial charge in [0.25, 0.3) is 5.91 Å². The molecule has 5 heteroatoms. The number of carbonyl (C=O) groups is 1. The minimum absolute atomic E-state index is 0.00244. The van der Waals surface area contributed by atoms with Gasteiger partial charge in [-0.3, -0.25) is 4.79 Å². The third kappa shape index (κ3) is 7.21. The number of ether oxygens (including phenoxy) is 2. The molecule has 0 unspecified atom stereocenters. The lowest BCUT2D eigenvalue weighted by Gasteiger charge is -2.38. The number of anilines is 1. The summed E-state index contributed by atoms with van der Waals surface area (Å²) in [5, 5.41) is 3.09. The van der Waals surface area contributed by atoms with E-state index < -0.39 is 5.60 Å². The summed E-state index contributed by atoms with van der Waals surface area (Å²) in [4.78, 5) is 15.6. The average Bonchev–Trinajstić information content (AvgIpc) is 2.79. The maximum Gasteiger partial charge on any atom is 0.256 e. The van der Waals surface area contributed by atoms with Crippen molar-refractivity contribution in [2.75, 3.05) is 38.2 Å². The highest BCUT2D eigenvalue weighted by molar-refractivity contribution is 5.97. The van der Waals surface area contributed by atoms with E-state index in [-0.39, 0.29) is 5.91 Å². The Morgan fingerprint density at radius 1 is 1.03 bits per heavy atom. The van der Waals surface area contributed by atoms with Crippen LogP contribution in [0.4, 0.5) is 5.69 Å². The molecule has 2 fully saturated rings. The number of hydrogen-bond acceptors (Lipinski definition) is 4. The first-order valence-electron chi connectivity index (χ1n) is 12.4. The molecule has 0 radical (unpaired) electrons. The Kier molecular flexibility index (Phi) is 9.21. The second-order valence-electron chi connectivity index (χ2n) is 9.73. The summed E-state index contributed by atoms with van der Waals surface area (Å²) < 4.78 is 12.0. The highest BCUT2D eigenvalue weighted by Gasteiger charge is 2.42. The molecule has 1 heterocycles. The maximum absolute atomic E-state index is 13.1. The van der Waals surface area contributed by atoms with Crippen LogP contribution in [0.5, 0.6) is 5.75 Å². The van der Waals surface area contributed by atoms with E-state index >= 15 is 0 Å². The third-order valence-electron chi connectivity index (χ3n) is 6.95. The lowest BCUT2D eigenvalue weighted by molar-refractivity contribution is -0.147. The highest BCUT2D eigenvalue weighted by atomic mass is 16.5. The van der Waals surface area contributed by atoms with Crippen molar-refractivity contribution >= 4 is 11.6 Å². The molecule has 1 aromatic carbocycles. The van der Waals surface area contributed by atoms with Crippen molar-refractivity contribution in [2.24, 2.45) is 11.8 Å². The van der Waals surface area contributed by atoms with E-state index in [4.69, 9.17) is 9.47 Å². The molecule has 3 rings (SSSR count). The minimum Gasteiger partial charge on any atom is -0.494 e. The van der Waals surface area contributed by atoms with Gasteiger partial charge in [0.2, 0.25) is 0 Å². The Bertz CT molecular complexity index is 654. The van der Waals surface area contributed by atoms with Gasteiger partial charge in [0, 0.05) is 18.8 Å². The summed E-state index contributed by atoms with van der Waals surface area (Å²) in [6.07, 6.45) is 8.29. The van der Waals surface area contributed by atoms with E-state index in [0.29, 0.717) is 12.5 Å². The Hall–Kier alpha value is -1.59. The van der Waals surface area contributed by atoms with Crippen molar-refractivity contribution in [3.05, 3.63) is 24.3 Å². The number of piperidine rings is 1. The van der Waals surface area contributed by atoms with Crippen LogP contribution >= 0.6 is 0 Å². The normalized spacial score (nSPS) is 25.3. The first kappa shape index (κ1) is 24.1. The van der Waals surface area contributed by atoms with Crippen LogP contribution in [0.25, 0.3) is 0 Å². The molecule has 31 heavy (non-hydrogen) atoms. The van der Waals surface area contributed by atoms with Crippen LogP contribution in [-0.4, -0.2) is 49.3 Å². The SMILES string of the molecule is CCCOC1(C(=O)Nc2ccc(OCCCN3CCC(C)CC3)cc2)CCC(C)CC1. The minimum atomic E-state index is -0.677. The largest absolute Gasteiger partial charge is 0.494 e. The molecule has 1 aliphatic carbocycles. The molecule has 1 saturated heterocycles. The summed E-state index contributed by atoms with van der Waals surface area (Å²) in [5.41, 5.74) is 0.127. The predicted molar refractivity (Wildman–Crippen MR) is 127 cm³/mol. The molecule has 0 aromatic heterocycles. The van der Waals surface area contributed by atoms with Crippen molar-refractivity contribution in [2.45, 2.75) is 77.7 Å². The molecule has 2 aliphatic rings. The molecule has 0 atom stereocenters. The van der Waals surface area contributed by atoms with Crippen LogP contribution in [-0.2, 0) is 9.53 Å². The molecule has 174 valence electrons. The molecule has 0 spiro atoms. The molecule has 1 N–H and O–H groups in total. The monoisotopic (exact) mass is 430 g/mol. The molecular formula is C26H42N2O3. The second kappa shape index (κ2) is 11.9. The highest BCUT2D eigenvalue weighted by Crippen LogP contribution is 2.36. The maximum atomic E-state index is 13.1. The quantitative estimate of drug-likeness (QED) is 0.498. The van der Waals surface area contributed by atoms with Crippen molar-refractivity contribution in [3.8, 4) is 5.75 Å². The topological polar surface area (TPSA) is 50.8 Å². The molecule has 1 amide bonds. The van der Waals surface area contributed by atoms with Gasteiger partial charge in [-0.25, -0.2) is 0 Å². The Morgan fingerprint density at radius 3 is 2.32 bits per heavy atom. The van der Waals surface area contributed by atoms with Gasteiger partial charge in [-0.15, -0.1) is 0 Å². The summed E-state index contributed by atoms with van der Waals surface area (Å²) in [6.45, 7) is 11.6. The van der Waals surface area contributed by atoms with Gasteiger partial charge in [0.15, 0.2) is 0 Å². The van der Waals surface area contributed by atoms with Crippen molar-refractivity contribution in [1.29, 1.82) is 0 Å². The Balaban J connectivity index is 1.44. The van der Waals surface area contributed by atoms with Crippen LogP contribution in [0.15, 0.2) is 24.3 Å². The van der Waals surface area contributed by atoms with Crippen LogP contribution in [0.1, 0.15) is 72.1 Å². The lowest BCUT2D eigenvalue weighted by atomic mass is 9.78. The number of likely N-dealkylation sites (tertiary alicyclic amines) is 1. The van der Waals surface area contributed by atoms with Crippen molar-refractivity contribution < 1.29 is 14.3 Å². The van der Waals surface area contributed by atoms with E-state index in [1.165, 1.54) is 25.9 Å². The van der Waals surface area contributed by atoms with E-state index in [2.05, 4.69) is 31.0 Å². The average molecular weight is 431 g/mol. The molecule has 0 bridgehead atoms. The number of amides is 1. The van der Waals surface area contributed by atoms with Gasteiger partial charge in [-0.1, -0.05) is 20.8 Å². The van der Waals surface area contributed by atoms with Gasteiger partial charge >= 0.3 is 0 Å². The molecule has 1 aliphatic heterocycles. The van der Waals surface area contributed by atoms with Gasteiger partial charge in [-0.2, -0.15) is 0 Å². The van der Waals surface area contributed by atoms with Gasteiger partial charge in [0.05, 0.1) is 6.61 Å². The first-order valence-corrected chi connectivity index (χ1v) is 12.4. The lowest BCUT2D eigenvalue weighted by Crippen LogP contribution is -2.48. The fraction of sp³-hybridized carbons (Fsp3) is 0.731.